The molecule has 0 atom stereocenters. The van der Waals surface area contributed by atoms with Crippen LogP contribution in [0.25, 0.3) is 0 Å². The fourth-order valence-electron chi connectivity index (χ4n) is 9.62. The highest BCUT2D eigenvalue weighted by molar-refractivity contribution is 7.90. The maximum Gasteiger partial charge on any atom is 0.244 e. The Hall–Kier alpha value is -3.92. The molecule has 0 heterocycles. The molecule has 0 N–H and O–H groups in total. The highest BCUT2D eigenvalue weighted by Gasteiger charge is 2.33. The molecular formula is C50H70N4O8S4. The molecule has 0 aromatic heterocycles. The molecule has 0 bridgehead atoms. The molecule has 4 aromatic rings. The second-order valence-electron chi connectivity index (χ2n) is 17.8. The van der Waals surface area contributed by atoms with E-state index in [0.717, 1.165) is 22.3 Å². The smallest absolute Gasteiger partial charge is 0.207 e. The number of hydrogen-bond donors (Lipinski definition) is 0. The zero-order chi connectivity index (χ0) is 49.7. The van der Waals surface area contributed by atoms with Gasteiger partial charge in [0.25, 0.3) is 0 Å². The Morgan fingerprint density at radius 1 is 0.364 bits per heavy atom. The molecule has 0 aliphatic carbocycles. The van der Waals surface area contributed by atoms with Gasteiger partial charge in [-0.25, -0.2) is 33.7 Å². The Bertz CT molecular complexity index is 2850. The third-order valence-electron chi connectivity index (χ3n) is 11.9. The fourth-order valence-corrected chi connectivity index (χ4v) is 17.2. The average Bonchev–Trinajstić information content (AvgIpc) is 3.15. The lowest BCUT2D eigenvalue weighted by Crippen LogP contribution is -2.40. The second kappa shape index (κ2) is 22.0. The molecule has 0 aliphatic heterocycles. The summed E-state index contributed by atoms with van der Waals surface area (Å²) in [6.07, 6.45) is 6.05. The van der Waals surface area contributed by atoms with Crippen LogP contribution in [0.2, 0.25) is 0 Å². The summed E-state index contributed by atoms with van der Waals surface area (Å²) in [6.45, 7) is 23.0. The minimum atomic E-state index is -4.20. The summed E-state index contributed by atoms with van der Waals surface area (Å²) >= 11 is 0. The molecule has 0 aliphatic rings. The fraction of sp³-hybridized carbons (Fsp3) is 0.480. The van der Waals surface area contributed by atoms with Crippen LogP contribution in [0.4, 0.5) is 0 Å². The number of benzene rings is 4. The first-order valence-electron chi connectivity index (χ1n) is 22.4. The predicted octanol–water partition coefficient (Wildman–Crippen LogP) is 8.27. The van der Waals surface area contributed by atoms with Crippen molar-refractivity contribution in [2.75, 3.05) is 52.4 Å². The monoisotopic (exact) mass is 982 g/mol. The summed E-state index contributed by atoms with van der Waals surface area (Å²) in [7, 11) is -16.4. The zero-order valence-electron chi connectivity index (χ0n) is 41.2. The summed E-state index contributed by atoms with van der Waals surface area (Å²) in [5.41, 5.74) is 8.36. The van der Waals surface area contributed by atoms with Gasteiger partial charge in [-0.1, -0.05) is 83.6 Å². The number of terminal acetylenes is 1. The van der Waals surface area contributed by atoms with Crippen molar-refractivity contribution >= 4 is 40.1 Å². The Labute approximate surface area is 397 Å². The van der Waals surface area contributed by atoms with E-state index in [9.17, 15) is 33.7 Å². The largest absolute Gasteiger partial charge is 0.244 e. The molecule has 16 heteroatoms. The van der Waals surface area contributed by atoms with Crippen molar-refractivity contribution in [1.82, 2.24) is 17.2 Å². The van der Waals surface area contributed by atoms with Crippen LogP contribution in [-0.2, 0) is 40.1 Å². The van der Waals surface area contributed by atoms with Crippen LogP contribution in [-0.4, -0.2) is 103 Å². The van der Waals surface area contributed by atoms with E-state index in [1.165, 1.54) is 17.2 Å². The summed E-state index contributed by atoms with van der Waals surface area (Å²) in [6, 6.07) is 14.5. The summed E-state index contributed by atoms with van der Waals surface area (Å²) < 4.78 is 121. The van der Waals surface area contributed by atoms with Gasteiger partial charge in [-0.05, 0) is 147 Å². The number of rotatable bonds is 22. The van der Waals surface area contributed by atoms with Crippen molar-refractivity contribution in [3.05, 3.63) is 115 Å². The van der Waals surface area contributed by atoms with Crippen molar-refractivity contribution < 1.29 is 33.7 Å². The number of sulfonamides is 4. The molecule has 0 unspecified atom stereocenters. The van der Waals surface area contributed by atoms with Crippen LogP contribution in [0.5, 0.6) is 0 Å². The zero-order valence-corrected chi connectivity index (χ0v) is 44.4. The molecule has 0 fully saturated rings. The summed E-state index contributed by atoms with van der Waals surface area (Å²) in [5.74, 6) is 2.46. The SMILES string of the molecule is C#CCN(CCCN(CCCN(CCCN(CC)S(=O)(=O)c1c(C)cc(C)cc1C)S(=O)(=O)c1c(C)cc(C)cc1C)S(=O)(=O)c1c(C)cc(C)cc1C)S(=O)(=O)c1c(C)cc(C)cc1C. The molecule has 4 rings (SSSR count). The van der Waals surface area contributed by atoms with Gasteiger partial charge in [0, 0.05) is 45.8 Å². The van der Waals surface area contributed by atoms with Crippen molar-refractivity contribution in [2.45, 2.75) is 129 Å². The van der Waals surface area contributed by atoms with Crippen LogP contribution >= 0.6 is 0 Å². The highest BCUT2D eigenvalue weighted by atomic mass is 32.2. The van der Waals surface area contributed by atoms with Gasteiger partial charge in [-0.15, -0.1) is 6.42 Å². The third kappa shape index (κ3) is 12.2. The molecule has 0 saturated carbocycles. The second-order valence-corrected chi connectivity index (χ2v) is 25.3. The van der Waals surface area contributed by atoms with E-state index in [1.807, 2.05) is 39.8 Å². The Morgan fingerprint density at radius 3 is 0.788 bits per heavy atom. The molecule has 4 aromatic carbocycles. The third-order valence-corrected chi connectivity index (χ3v) is 20.7. The maximum absolute atomic E-state index is 14.8. The Morgan fingerprint density at radius 2 is 0.561 bits per heavy atom. The first kappa shape index (κ1) is 54.7. The van der Waals surface area contributed by atoms with Crippen LogP contribution in [0.3, 0.4) is 0 Å². The van der Waals surface area contributed by atoms with Crippen LogP contribution in [0, 0.1) is 95.4 Å². The molecule has 66 heavy (non-hydrogen) atoms. The van der Waals surface area contributed by atoms with Crippen molar-refractivity contribution in [3.63, 3.8) is 0 Å². The lowest BCUT2D eigenvalue weighted by Gasteiger charge is -2.29. The topological polar surface area (TPSA) is 150 Å². The molecule has 362 valence electrons. The summed E-state index contributed by atoms with van der Waals surface area (Å²) in [4.78, 5) is 0.704. The minimum Gasteiger partial charge on any atom is -0.207 e. The van der Waals surface area contributed by atoms with Crippen LogP contribution < -0.4 is 0 Å². The average molecular weight is 983 g/mol. The van der Waals surface area contributed by atoms with E-state index in [2.05, 4.69) is 5.92 Å². The van der Waals surface area contributed by atoms with Gasteiger partial charge in [0.15, 0.2) is 0 Å². The van der Waals surface area contributed by atoms with Crippen molar-refractivity contribution in [3.8, 4) is 12.3 Å². The van der Waals surface area contributed by atoms with Gasteiger partial charge in [-0.3, -0.25) is 0 Å². The summed E-state index contributed by atoms with van der Waals surface area (Å²) in [5, 5.41) is 0. The molecule has 0 spiro atoms. The normalized spacial score (nSPS) is 12.8. The number of nitrogens with zero attached hydrogens (tertiary/aromatic N) is 4. The van der Waals surface area contributed by atoms with Gasteiger partial charge < -0.3 is 0 Å². The molecule has 12 nitrogen and oxygen atoms in total. The van der Waals surface area contributed by atoms with Crippen molar-refractivity contribution in [2.24, 2.45) is 0 Å². The first-order chi connectivity index (χ1) is 30.6. The van der Waals surface area contributed by atoms with E-state index in [0.29, 0.717) is 44.5 Å². The van der Waals surface area contributed by atoms with Crippen molar-refractivity contribution in [1.29, 1.82) is 0 Å². The van der Waals surface area contributed by atoms with Gasteiger partial charge in [0.05, 0.1) is 26.1 Å². The first-order valence-corrected chi connectivity index (χ1v) is 28.1. The van der Waals surface area contributed by atoms with Gasteiger partial charge in [-0.2, -0.15) is 17.2 Å². The number of aryl methyl sites for hydroxylation is 12. The molecule has 0 amide bonds. The maximum atomic E-state index is 14.8. The van der Waals surface area contributed by atoms with Gasteiger partial charge in [0.1, 0.15) is 0 Å². The van der Waals surface area contributed by atoms with E-state index >= 15 is 0 Å². The molecule has 0 saturated heterocycles. The van der Waals surface area contributed by atoms with Crippen LogP contribution in [0.1, 0.15) is 92.9 Å². The van der Waals surface area contributed by atoms with E-state index in [1.54, 1.807) is 98.7 Å². The molecule has 0 radical (unpaired) electrons. The van der Waals surface area contributed by atoms with E-state index in [4.69, 9.17) is 6.42 Å². The predicted molar refractivity (Wildman–Crippen MR) is 266 cm³/mol. The van der Waals surface area contributed by atoms with E-state index in [-0.39, 0.29) is 91.2 Å². The van der Waals surface area contributed by atoms with Gasteiger partial charge >= 0.3 is 0 Å². The minimum absolute atomic E-state index is 0.0351. The number of hydrogen-bond acceptors (Lipinski definition) is 8. The van der Waals surface area contributed by atoms with E-state index < -0.39 is 40.1 Å². The lowest BCUT2D eigenvalue weighted by molar-refractivity contribution is 0.333. The quantitative estimate of drug-likeness (QED) is 0.0715. The highest BCUT2D eigenvalue weighted by Crippen LogP contribution is 2.30. The Balaban J connectivity index is 1.70. The van der Waals surface area contributed by atoms with Crippen LogP contribution in [0.15, 0.2) is 68.1 Å². The molecular weight excluding hydrogens is 913 g/mol. The lowest BCUT2D eigenvalue weighted by atomic mass is 10.1. The van der Waals surface area contributed by atoms with Gasteiger partial charge in [0.2, 0.25) is 40.1 Å². The Kier molecular flexibility index (Phi) is 18.2. The standard InChI is InChI=1S/C50H70N4O8S4/c1-15-20-52(64(57,58)48-41(9)29-36(4)30-42(48)10)22-18-24-54(66(61,62)50-45(13)33-38(6)34-46(50)14)26-19-25-53(65(59,60)49-43(11)31-37(5)32-44(49)12)23-17-21-51(16-2)63(55,56)47-39(7)27-35(3)28-40(47)8/h1,27-34H,16-26H2,2-14H3.